The third kappa shape index (κ3) is 4.31. The molecule has 0 saturated heterocycles. The van der Waals surface area contributed by atoms with Crippen molar-refractivity contribution >= 4 is 5.97 Å². The SMILES string of the molecule is CCCCCN(N)C(C)C(=O)O. The first-order valence-corrected chi connectivity index (χ1v) is 4.33. The quantitative estimate of drug-likeness (QED) is 0.355. The normalized spacial score (nSPS) is 13.3. The summed E-state index contributed by atoms with van der Waals surface area (Å²) in [6.07, 6.45) is 3.18. The van der Waals surface area contributed by atoms with E-state index in [1.165, 1.54) is 5.01 Å². The molecule has 0 aromatic heterocycles. The van der Waals surface area contributed by atoms with Gasteiger partial charge in [-0.3, -0.25) is 10.6 Å². The number of nitrogens with two attached hydrogens (primary N) is 1. The third-order valence-electron chi connectivity index (χ3n) is 1.87. The second-order valence-corrected chi connectivity index (χ2v) is 2.96. The Hall–Kier alpha value is -0.610. The van der Waals surface area contributed by atoms with Gasteiger partial charge in [0.1, 0.15) is 6.04 Å². The standard InChI is InChI=1S/C8H18N2O2/c1-3-4-5-6-10(9)7(2)8(11)12/h7H,3-6,9H2,1-2H3,(H,11,12). The fourth-order valence-electron chi connectivity index (χ4n) is 0.880. The molecule has 0 amide bonds. The van der Waals surface area contributed by atoms with Crippen LogP contribution >= 0.6 is 0 Å². The Labute approximate surface area is 73.3 Å². The van der Waals surface area contributed by atoms with Crippen molar-refractivity contribution < 1.29 is 9.90 Å². The molecule has 4 heteroatoms. The highest BCUT2D eigenvalue weighted by molar-refractivity contribution is 5.72. The highest BCUT2D eigenvalue weighted by Gasteiger charge is 2.15. The molecule has 0 heterocycles. The third-order valence-corrected chi connectivity index (χ3v) is 1.87. The minimum Gasteiger partial charge on any atom is -0.480 e. The zero-order valence-electron chi connectivity index (χ0n) is 7.79. The van der Waals surface area contributed by atoms with Crippen molar-refractivity contribution in [3.05, 3.63) is 0 Å². The Kier molecular flexibility index (Phi) is 5.66. The number of hydrogen-bond acceptors (Lipinski definition) is 3. The Bertz CT molecular complexity index is 139. The molecule has 0 aliphatic rings. The number of hydrogen-bond donors (Lipinski definition) is 2. The Morgan fingerprint density at radius 3 is 2.58 bits per heavy atom. The van der Waals surface area contributed by atoms with Crippen molar-refractivity contribution in [1.29, 1.82) is 0 Å². The highest BCUT2D eigenvalue weighted by atomic mass is 16.4. The van der Waals surface area contributed by atoms with Crippen molar-refractivity contribution in [2.75, 3.05) is 6.54 Å². The van der Waals surface area contributed by atoms with Crippen LogP contribution in [0.5, 0.6) is 0 Å². The molecule has 3 N–H and O–H groups in total. The Morgan fingerprint density at radius 2 is 2.17 bits per heavy atom. The minimum absolute atomic E-state index is 0.582. The van der Waals surface area contributed by atoms with Crippen LogP contribution in [-0.4, -0.2) is 28.7 Å². The van der Waals surface area contributed by atoms with Crippen LogP contribution in [0.1, 0.15) is 33.1 Å². The van der Waals surface area contributed by atoms with Crippen molar-refractivity contribution in [3.8, 4) is 0 Å². The van der Waals surface area contributed by atoms with Gasteiger partial charge in [-0.2, -0.15) is 0 Å². The zero-order valence-corrected chi connectivity index (χ0v) is 7.79. The largest absolute Gasteiger partial charge is 0.480 e. The molecular weight excluding hydrogens is 156 g/mol. The van der Waals surface area contributed by atoms with E-state index in [4.69, 9.17) is 10.9 Å². The van der Waals surface area contributed by atoms with E-state index in [0.29, 0.717) is 6.54 Å². The lowest BCUT2D eigenvalue weighted by Gasteiger charge is -2.19. The maximum atomic E-state index is 10.5. The van der Waals surface area contributed by atoms with Crippen molar-refractivity contribution in [2.45, 2.75) is 39.2 Å². The first kappa shape index (κ1) is 11.4. The molecule has 0 rings (SSSR count). The number of hydrazine groups is 1. The summed E-state index contributed by atoms with van der Waals surface area (Å²) in [6, 6.07) is -0.582. The number of carboxylic acid groups (broad SMARTS) is 1. The van der Waals surface area contributed by atoms with Crippen molar-refractivity contribution in [1.82, 2.24) is 5.01 Å². The molecule has 1 atom stereocenters. The summed E-state index contributed by atoms with van der Waals surface area (Å²) in [5.41, 5.74) is 0. The second kappa shape index (κ2) is 5.97. The van der Waals surface area contributed by atoms with Crippen LogP contribution < -0.4 is 5.84 Å². The monoisotopic (exact) mass is 174 g/mol. The number of nitrogens with zero attached hydrogens (tertiary/aromatic N) is 1. The van der Waals surface area contributed by atoms with Gasteiger partial charge in [0.05, 0.1) is 0 Å². The molecule has 0 radical (unpaired) electrons. The molecule has 0 fully saturated rings. The number of carboxylic acids is 1. The number of unbranched alkanes of at least 4 members (excludes halogenated alkanes) is 2. The van der Waals surface area contributed by atoms with Gasteiger partial charge in [0.15, 0.2) is 0 Å². The fraction of sp³-hybridized carbons (Fsp3) is 0.875. The molecule has 4 nitrogen and oxygen atoms in total. The molecule has 1 unspecified atom stereocenters. The maximum Gasteiger partial charge on any atom is 0.322 e. The van der Waals surface area contributed by atoms with Gasteiger partial charge in [-0.15, -0.1) is 0 Å². The van der Waals surface area contributed by atoms with Crippen LogP contribution in [-0.2, 0) is 4.79 Å². The minimum atomic E-state index is -0.867. The van der Waals surface area contributed by atoms with Gasteiger partial charge in [-0.05, 0) is 13.3 Å². The summed E-state index contributed by atoms with van der Waals surface area (Å²) >= 11 is 0. The van der Waals surface area contributed by atoms with Crippen LogP contribution in [0.4, 0.5) is 0 Å². The molecule has 0 spiro atoms. The topological polar surface area (TPSA) is 66.6 Å². The lowest BCUT2D eigenvalue weighted by atomic mass is 10.2. The Balaban J connectivity index is 3.56. The number of aliphatic carboxylic acids is 1. The molecule has 0 aliphatic heterocycles. The number of carbonyl (C=O) groups is 1. The van der Waals surface area contributed by atoms with Gasteiger partial charge in [-0.25, -0.2) is 5.01 Å². The molecule has 72 valence electrons. The summed E-state index contributed by atoms with van der Waals surface area (Å²) in [5.74, 6) is 4.64. The summed E-state index contributed by atoms with van der Waals surface area (Å²) in [5, 5.41) is 9.96. The van der Waals surface area contributed by atoms with Crippen molar-refractivity contribution in [2.24, 2.45) is 5.84 Å². The van der Waals surface area contributed by atoms with Crippen LogP contribution in [0.25, 0.3) is 0 Å². The number of rotatable bonds is 6. The highest BCUT2D eigenvalue weighted by Crippen LogP contribution is 1.98. The van der Waals surface area contributed by atoms with E-state index in [1.54, 1.807) is 6.92 Å². The first-order chi connectivity index (χ1) is 5.59. The average molecular weight is 174 g/mol. The van der Waals surface area contributed by atoms with Gasteiger partial charge >= 0.3 is 5.97 Å². The predicted octanol–water partition coefficient (Wildman–Crippen LogP) is 0.825. The van der Waals surface area contributed by atoms with E-state index in [0.717, 1.165) is 19.3 Å². The van der Waals surface area contributed by atoms with Gasteiger partial charge in [0.2, 0.25) is 0 Å². The molecule has 12 heavy (non-hydrogen) atoms. The van der Waals surface area contributed by atoms with Gasteiger partial charge in [-0.1, -0.05) is 19.8 Å². The fourth-order valence-corrected chi connectivity index (χ4v) is 0.880. The molecule has 0 aromatic carbocycles. The van der Waals surface area contributed by atoms with Crippen molar-refractivity contribution in [3.63, 3.8) is 0 Å². The summed E-state index contributed by atoms with van der Waals surface area (Å²) in [7, 11) is 0. The van der Waals surface area contributed by atoms with E-state index in [2.05, 4.69) is 6.92 Å². The molecule has 0 saturated carbocycles. The lowest BCUT2D eigenvalue weighted by molar-refractivity contribution is -0.142. The smallest absolute Gasteiger partial charge is 0.322 e. The summed E-state index contributed by atoms with van der Waals surface area (Å²) in [6.45, 7) is 4.34. The van der Waals surface area contributed by atoms with E-state index in [9.17, 15) is 4.79 Å². The second-order valence-electron chi connectivity index (χ2n) is 2.96. The van der Waals surface area contributed by atoms with Gasteiger partial charge < -0.3 is 5.11 Å². The van der Waals surface area contributed by atoms with Crippen LogP contribution in [0.2, 0.25) is 0 Å². The van der Waals surface area contributed by atoms with E-state index in [1.807, 2.05) is 0 Å². The zero-order chi connectivity index (χ0) is 9.56. The van der Waals surface area contributed by atoms with Crippen LogP contribution in [0.15, 0.2) is 0 Å². The van der Waals surface area contributed by atoms with E-state index >= 15 is 0 Å². The van der Waals surface area contributed by atoms with Crippen LogP contribution in [0, 0.1) is 0 Å². The van der Waals surface area contributed by atoms with E-state index in [-0.39, 0.29) is 0 Å². The molecule has 0 bridgehead atoms. The van der Waals surface area contributed by atoms with Gasteiger partial charge in [0, 0.05) is 6.54 Å². The van der Waals surface area contributed by atoms with Crippen LogP contribution in [0.3, 0.4) is 0 Å². The first-order valence-electron chi connectivity index (χ1n) is 4.33. The van der Waals surface area contributed by atoms with E-state index < -0.39 is 12.0 Å². The maximum absolute atomic E-state index is 10.5. The lowest BCUT2D eigenvalue weighted by Crippen LogP contribution is -2.44. The summed E-state index contributed by atoms with van der Waals surface area (Å²) < 4.78 is 0. The Morgan fingerprint density at radius 1 is 1.58 bits per heavy atom. The molecule has 0 aromatic rings. The summed E-state index contributed by atoms with van der Waals surface area (Å²) in [4.78, 5) is 10.5. The average Bonchev–Trinajstić information content (AvgIpc) is 2.03. The van der Waals surface area contributed by atoms with Gasteiger partial charge in [0.25, 0.3) is 0 Å². The molecule has 0 aliphatic carbocycles. The predicted molar refractivity (Wildman–Crippen MR) is 47.5 cm³/mol. The molecular formula is C8H18N2O2.